The number of benzene rings is 1. The molecule has 1 aromatic carbocycles. The van der Waals surface area contributed by atoms with Gasteiger partial charge in [-0.3, -0.25) is 9.59 Å². The van der Waals surface area contributed by atoms with E-state index in [0.29, 0.717) is 16.1 Å². The largest absolute Gasteiger partial charge is 0.301 e. The molecular formula is C22H20N2O2S3. The molecule has 0 atom stereocenters. The number of rotatable bonds is 6. The molecule has 7 heteroatoms. The van der Waals surface area contributed by atoms with Crippen LogP contribution < -0.4 is 5.56 Å². The first-order valence-electron chi connectivity index (χ1n) is 9.30. The maximum atomic E-state index is 12.9. The van der Waals surface area contributed by atoms with Crippen LogP contribution in [0.3, 0.4) is 0 Å². The van der Waals surface area contributed by atoms with Crippen molar-refractivity contribution in [1.82, 2.24) is 9.97 Å². The Morgan fingerprint density at radius 3 is 2.72 bits per heavy atom. The number of fused-ring (bicyclic) bond motifs is 1. The summed E-state index contributed by atoms with van der Waals surface area (Å²) in [6.07, 6.45) is 0.849. The molecule has 0 saturated carbocycles. The van der Waals surface area contributed by atoms with Crippen LogP contribution >= 0.6 is 34.4 Å². The van der Waals surface area contributed by atoms with E-state index in [0.717, 1.165) is 37.7 Å². The van der Waals surface area contributed by atoms with Crippen molar-refractivity contribution in [2.75, 3.05) is 5.75 Å². The number of hydrogen-bond donors (Lipinski definition) is 1. The summed E-state index contributed by atoms with van der Waals surface area (Å²) in [4.78, 5) is 35.9. The topological polar surface area (TPSA) is 62.8 Å². The average molecular weight is 441 g/mol. The number of Topliss-reactive ketones (excluding diaryl/α,β-unsaturated/α-hetero) is 1. The molecule has 0 bridgehead atoms. The van der Waals surface area contributed by atoms with Crippen molar-refractivity contribution >= 4 is 50.4 Å². The number of aromatic amines is 1. The standard InChI is InChI=1S/C22H20N2O2S3/c1-4-16-18(17-6-5-9-27-17)19-20(26)23-22(24-21(19)29-16)28-11-15(25)14-8-7-12(2)13(3)10-14/h5-10H,4,11H2,1-3H3,(H,23,24,26). The second-order valence-corrected chi connectivity index (χ2v) is 9.79. The number of thiophene rings is 2. The predicted molar refractivity (Wildman–Crippen MR) is 124 cm³/mol. The van der Waals surface area contributed by atoms with Crippen LogP contribution in [-0.4, -0.2) is 21.5 Å². The van der Waals surface area contributed by atoms with Gasteiger partial charge in [-0.2, -0.15) is 0 Å². The van der Waals surface area contributed by atoms with Gasteiger partial charge in [0.05, 0.1) is 11.1 Å². The van der Waals surface area contributed by atoms with Crippen molar-refractivity contribution in [1.29, 1.82) is 0 Å². The molecule has 0 aliphatic heterocycles. The molecule has 4 rings (SSSR count). The summed E-state index contributed by atoms with van der Waals surface area (Å²) in [5.41, 5.74) is 3.81. The molecule has 0 amide bonds. The van der Waals surface area contributed by atoms with Crippen LogP contribution in [0.15, 0.2) is 45.7 Å². The summed E-state index contributed by atoms with van der Waals surface area (Å²) in [5.74, 6) is 0.265. The normalized spacial score (nSPS) is 11.3. The van der Waals surface area contributed by atoms with Gasteiger partial charge in [-0.1, -0.05) is 36.9 Å². The SMILES string of the molecule is CCc1sc2nc(SCC(=O)c3ccc(C)c(C)c3)[nH]c(=O)c2c1-c1cccs1. The summed E-state index contributed by atoms with van der Waals surface area (Å²) in [7, 11) is 0. The maximum Gasteiger partial charge on any atom is 0.260 e. The molecule has 0 aliphatic carbocycles. The van der Waals surface area contributed by atoms with Crippen LogP contribution in [0, 0.1) is 13.8 Å². The van der Waals surface area contributed by atoms with Crippen molar-refractivity contribution in [2.24, 2.45) is 0 Å². The molecule has 29 heavy (non-hydrogen) atoms. The second-order valence-electron chi connectivity index (χ2n) is 6.79. The Kier molecular flexibility index (Phi) is 5.72. The highest BCUT2D eigenvalue weighted by molar-refractivity contribution is 7.99. The van der Waals surface area contributed by atoms with Gasteiger partial charge in [-0.05, 0) is 48.9 Å². The fraction of sp³-hybridized carbons (Fsp3) is 0.227. The number of nitrogens with one attached hydrogen (secondary N) is 1. The fourth-order valence-corrected chi connectivity index (χ4v) is 5.97. The van der Waals surface area contributed by atoms with E-state index in [1.54, 1.807) is 22.7 Å². The summed E-state index contributed by atoms with van der Waals surface area (Å²) in [6, 6.07) is 9.76. The lowest BCUT2D eigenvalue weighted by Gasteiger charge is -2.05. The van der Waals surface area contributed by atoms with E-state index < -0.39 is 0 Å². The zero-order valence-corrected chi connectivity index (χ0v) is 18.8. The molecule has 3 heterocycles. The van der Waals surface area contributed by atoms with Crippen molar-refractivity contribution < 1.29 is 4.79 Å². The molecule has 0 fully saturated rings. The minimum Gasteiger partial charge on any atom is -0.301 e. The number of hydrogen-bond acceptors (Lipinski definition) is 6. The van der Waals surface area contributed by atoms with Gasteiger partial charge in [0, 0.05) is 20.9 Å². The van der Waals surface area contributed by atoms with Crippen LogP contribution in [0.4, 0.5) is 0 Å². The lowest BCUT2D eigenvalue weighted by atomic mass is 10.0. The summed E-state index contributed by atoms with van der Waals surface area (Å²) < 4.78 is 0. The molecule has 0 saturated heterocycles. The minimum absolute atomic E-state index is 0.0283. The highest BCUT2D eigenvalue weighted by Gasteiger charge is 2.19. The van der Waals surface area contributed by atoms with Crippen molar-refractivity contribution in [3.05, 3.63) is 67.6 Å². The minimum atomic E-state index is -0.143. The zero-order chi connectivity index (χ0) is 20.5. The molecule has 1 N–H and O–H groups in total. The van der Waals surface area contributed by atoms with Gasteiger partial charge in [0.1, 0.15) is 4.83 Å². The lowest BCUT2D eigenvalue weighted by molar-refractivity contribution is 0.102. The van der Waals surface area contributed by atoms with Gasteiger partial charge in [-0.25, -0.2) is 4.98 Å². The summed E-state index contributed by atoms with van der Waals surface area (Å²) in [5, 5.41) is 3.16. The molecule has 3 aromatic heterocycles. The number of carbonyl (C=O) groups is 1. The molecule has 0 aliphatic rings. The second kappa shape index (κ2) is 8.26. The third-order valence-corrected chi connectivity index (χ3v) is 7.86. The van der Waals surface area contributed by atoms with E-state index in [2.05, 4.69) is 16.9 Å². The fourth-order valence-electron chi connectivity index (χ4n) is 3.17. The third-order valence-electron chi connectivity index (χ3n) is 4.87. The molecule has 148 valence electrons. The maximum absolute atomic E-state index is 12.9. The van der Waals surface area contributed by atoms with Crippen LogP contribution in [0.2, 0.25) is 0 Å². The average Bonchev–Trinajstić information content (AvgIpc) is 3.35. The predicted octanol–water partition coefficient (Wildman–Crippen LogP) is 5.87. The number of aryl methyl sites for hydroxylation is 3. The monoisotopic (exact) mass is 440 g/mol. The Morgan fingerprint density at radius 2 is 2.03 bits per heavy atom. The first-order valence-corrected chi connectivity index (χ1v) is 12.0. The van der Waals surface area contributed by atoms with E-state index in [9.17, 15) is 9.59 Å². The van der Waals surface area contributed by atoms with Crippen LogP contribution in [-0.2, 0) is 6.42 Å². The Labute approximate surface area is 181 Å². The van der Waals surface area contributed by atoms with Crippen LogP contribution in [0.1, 0.15) is 33.3 Å². The molecular weight excluding hydrogens is 420 g/mol. The van der Waals surface area contributed by atoms with Crippen molar-refractivity contribution in [3.63, 3.8) is 0 Å². The molecule has 0 radical (unpaired) electrons. The highest BCUT2D eigenvalue weighted by atomic mass is 32.2. The van der Waals surface area contributed by atoms with E-state index >= 15 is 0 Å². The first-order chi connectivity index (χ1) is 14.0. The number of thioether (sulfide) groups is 1. The van der Waals surface area contributed by atoms with Gasteiger partial charge in [0.25, 0.3) is 5.56 Å². The van der Waals surface area contributed by atoms with Crippen LogP contribution in [0.5, 0.6) is 0 Å². The van der Waals surface area contributed by atoms with E-state index in [-0.39, 0.29) is 17.1 Å². The van der Waals surface area contributed by atoms with Crippen molar-refractivity contribution in [2.45, 2.75) is 32.3 Å². The van der Waals surface area contributed by atoms with Gasteiger partial charge in [0.2, 0.25) is 0 Å². The van der Waals surface area contributed by atoms with E-state index in [4.69, 9.17) is 0 Å². The summed E-state index contributed by atoms with van der Waals surface area (Å²) in [6.45, 7) is 6.12. The third kappa shape index (κ3) is 3.95. The quantitative estimate of drug-likeness (QED) is 0.231. The Bertz CT molecular complexity index is 1250. The van der Waals surface area contributed by atoms with Crippen molar-refractivity contribution in [3.8, 4) is 10.4 Å². The van der Waals surface area contributed by atoms with E-state index in [1.165, 1.54) is 11.8 Å². The smallest absolute Gasteiger partial charge is 0.260 e. The van der Waals surface area contributed by atoms with Gasteiger partial charge in [0.15, 0.2) is 10.9 Å². The Hall–Kier alpha value is -2.22. The van der Waals surface area contributed by atoms with Gasteiger partial charge < -0.3 is 4.98 Å². The molecule has 4 aromatic rings. The van der Waals surface area contributed by atoms with Gasteiger partial charge >= 0.3 is 0 Å². The van der Waals surface area contributed by atoms with Crippen LogP contribution in [0.25, 0.3) is 20.7 Å². The Balaban J connectivity index is 1.63. The number of aromatic nitrogens is 2. The molecule has 4 nitrogen and oxygen atoms in total. The highest BCUT2D eigenvalue weighted by Crippen LogP contribution is 2.39. The molecule has 0 spiro atoms. The van der Waals surface area contributed by atoms with E-state index in [1.807, 2.05) is 49.6 Å². The number of ketones is 1. The lowest BCUT2D eigenvalue weighted by Crippen LogP contribution is -2.10. The first kappa shape index (κ1) is 20.1. The zero-order valence-electron chi connectivity index (χ0n) is 16.4. The number of carbonyl (C=O) groups excluding carboxylic acids is 1. The number of nitrogens with zero attached hydrogens (tertiary/aromatic N) is 1. The van der Waals surface area contributed by atoms with Gasteiger partial charge in [-0.15, -0.1) is 22.7 Å². The number of H-pyrrole nitrogens is 1. The Morgan fingerprint density at radius 1 is 1.21 bits per heavy atom. The summed E-state index contributed by atoms with van der Waals surface area (Å²) >= 11 is 4.47. The molecule has 0 unspecified atom stereocenters.